The van der Waals surface area contributed by atoms with Crippen LogP contribution in [0.15, 0.2) is 12.3 Å². The van der Waals surface area contributed by atoms with Crippen LogP contribution in [0.25, 0.3) is 0 Å². The van der Waals surface area contributed by atoms with Crippen molar-refractivity contribution in [2.75, 3.05) is 0 Å². The van der Waals surface area contributed by atoms with Crippen LogP contribution >= 0.6 is 22.6 Å². The van der Waals surface area contributed by atoms with E-state index in [-0.39, 0.29) is 12.0 Å². The molecule has 0 bridgehead atoms. The molecule has 1 aromatic heterocycles. The van der Waals surface area contributed by atoms with Crippen molar-refractivity contribution in [2.45, 2.75) is 12.8 Å². The van der Waals surface area contributed by atoms with Crippen LogP contribution in [0.4, 0.5) is 8.78 Å². The molecule has 0 unspecified atom stereocenters. The third kappa shape index (κ3) is 2.34. The topological polar surface area (TPSA) is 36.7 Å². The van der Waals surface area contributed by atoms with Gasteiger partial charge in [0, 0.05) is 17.3 Å². The number of aromatic nitrogens is 1. The van der Waals surface area contributed by atoms with Gasteiger partial charge in [-0.2, -0.15) is 5.26 Å². The monoisotopic (exact) mass is 294 g/mol. The fourth-order valence-corrected chi connectivity index (χ4v) is 1.60. The van der Waals surface area contributed by atoms with Gasteiger partial charge in [-0.25, -0.2) is 13.8 Å². The van der Waals surface area contributed by atoms with Crippen LogP contribution in [0.1, 0.15) is 17.6 Å². The average Bonchev–Trinajstić information content (AvgIpc) is 2.08. The summed E-state index contributed by atoms with van der Waals surface area (Å²) in [4.78, 5) is 3.84. The predicted molar refractivity (Wildman–Crippen MR) is 51.2 cm³/mol. The van der Waals surface area contributed by atoms with E-state index in [2.05, 4.69) is 4.98 Å². The van der Waals surface area contributed by atoms with Gasteiger partial charge in [-0.15, -0.1) is 0 Å². The number of hydrogen-bond donors (Lipinski definition) is 0. The molecule has 68 valence electrons. The fourth-order valence-electron chi connectivity index (χ4n) is 0.939. The number of rotatable bonds is 2. The summed E-state index contributed by atoms with van der Waals surface area (Å²) in [7, 11) is 0. The lowest BCUT2D eigenvalue weighted by atomic mass is 10.1. The first-order chi connectivity index (χ1) is 6.16. The SMILES string of the molecule is N#CCc1c(C(F)F)ccnc1I. The van der Waals surface area contributed by atoms with E-state index in [9.17, 15) is 8.78 Å². The zero-order valence-corrected chi connectivity index (χ0v) is 8.62. The van der Waals surface area contributed by atoms with Crippen LogP contribution < -0.4 is 0 Å². The Balaban J connectivity index is 3.19. The van der Waals surface area contributed by atoms with E-state index >= 15 is 0 Å². The molecule has 0 N–H and O–H groups in total. The molecule has 2 nitrogen and oxygen atoms in total. The van der Waals surface area contributed by atoms with Gasteiger partial charge in [0.2, 0.25) is 0 Å². The van der Waals surface area contributed by atoms with Gasteiger partial charge in [0.15, 0.2) is 0 Å². The lowest BCUT2D eigenvalue weighted by Crippen LogP contribution is -1.99. The van der Waals surface area contributed by atoms with Crippen molar-refractivity contribution in [3.05, 3.63) is 27.1 Å². The molecule has 0 aliphatic heterocycles. The summed E-state index contributed by atoms with van der Waals surface area (Å²) in [5.41, 5.74) is 0.238. The van der Waals surface area contributed by atoms with Gasteiger partial charge in [-0.3, -0.25) is 0 Å². The first-order valence-electron chi connectivity index (χ1n) is 3.45. The highest BCUT2D eigenvalue weighted by molar-refractivity contribution is 14.1. The highest BCUT2D eigenvalue weighted by Crippen LogP contribution is 2.25. The maximum absolute atomic E-state index is 12.4. The number of nitriles is 1. The van der Waals surface area contributed by atoms with Crippen LogP contribution in [-0.4, -0.2) is 4.98 Å². The van der Waals surface area contributed by atoms with E-state index < -0.39 is 6.43 Å². The average molecular weight is 294 g/mol. The minimum Gasteiger partial charge on any atom is -0.250 e. The van der Waals surface area contributed by atoms with Crippen LogP contribution in [-0.2, 0) is 6.42 Å². The van der Waals surface area contributed by atoms with Crippen molar-refractivity contribution in [1.29, 1.82) is 5.26 Å². The summed E-state index contributed by atoms with van der Waals surface area (Å²) in [5, 5.41) is 8.42. The zero-order chi connectivity index (χ0) is 9.84. The van der Waals surface area contributed by atoms with E-state index in [1.165, 1.54) is 12.3 Å². The minimum atomic E-state index is -2.54. The van der Waals surface area contributed by atoms with Gasteiger partial charge in [-0.05, 0) is 28.7 Å². The summed E-state index contributed by atoms with van der Waals surface area (Å²) in [6.45, 7) is 0. The number of pyridine rings is 1. The van der Waals surface area contributed by atoms with Crippen molar-refractivity contribution in [1.82, 2.24) is 4.98 Å². The molecule has 0 aliphatic carbocycles. The van der Waals surface area contributed by atoms with E-state index in [4.69, 9.17) is 5.26 Å². The Bertz CT molecular complexity index is 346. The van der Waals surface area contributed by atoms with Gasteiger partial charge in [-0.1, -0.05) is 0 Å². The van der Waals surface area contributed by atoms with Gasteiger partial charge >= 0.3 is 0 Å². The van der Waals surface area contributed by atoms with E-state index in [0.717, 1.165) is 0 Å². The third-order valence-electron chi connectivity index (χ3n) is 1.53. The molecule has 13 heavy (non-hydrogen) atoms. The molecule has 0 radical (unpaired) electrons. The molecule has 0 saturated carbocycles. The molecule has 0 aliphatic rings. The smallest absolute Gasteiger partial charge is 0.250 e. The van der Waals surface area contributed by atoms with Gasteiger partial charge in [0.1, 0.15) is 3.70 Å². The molecule has 0 saturated heterocycles. The van der Waals surface area contributed by atoms with Gasteiger partial charge in [0.25, 0.3) is 6.43 Å². The molecule has 0 fully saturated rings. The normalized spacial score (nSPS) is 10.1. The minimum absolute atomic E-state index is 0.0220. The number of nitrogens with zero attached hydrogens (tertiary/aromatic N) is 2. The van der Waals surface area contributed by atoms with Crippen LogP contribution in [0.2, 0.25) is 0 Å². The largest absolute Gasteiger partial charge is 0.264 e. The molecule has 0 atom stereocenters. The van der Waals surface area contributed by atoms with E-state index in [1.807, 2.05) is 28.7 Å². The predicted octanol–water partition coefficient (Wildman–Crippen LogP) is 2.69. The maximum atomic E-state index is 12.4. The molecule has 0 amide bonds. The van der Waals surface area contributed by atoms with Crippen molar-refractivity contribution in [3.8, 4) is 6.07 Å². The summed E-state index contributed by atoms with van der Waals surface area (Å²) in [6.07, 6.45) is -1.24. The summed E-state index contributed by atoms with van der Waals surface area (Å²) in [6, 6.07) is 3.09. The van der Waals surface area contributed by atoms with Gasteiger partial charge in [0.05, 0.1) is 12.5 Å². The number of alkyl halides is 2. The second-order valence-electron chi connectivity index (χ2n) is 2.31. The molecule has 1 aromatic rings. The standard InChI is InChI=1S/C8H5F2IN2/c9-7(10)5-2-4-13-8(11)6(5)1-3-12/h2,4,7H,1H2. The molecular formula is C8H5F2IN2. The molecule has 1 heterocycles. The first kappa shape index (κ1) is 10.3. The quantitative estimate of drug-likeness (QED) is 0.621. The van der Waals surface area contributed by atoms with Crippen LogP contribution in [0.3, 0.4) is 0 Å². The van der Waals surface area contributed by atoms with Crippen molar-refractivity contribution in [3.63, 3.8) is 0 Å². The highest BCUT2D eigenvalue weighted by Gasteiger charge is 2.15. The fraction of sp³-hybridized carbons (Fsp3) is 0.250. The second-order valence-corrected chi connectivity index (χ2v) is 3.33. The van der Waals surface area contributed by atoms with Crippen molar-refractivity contribution < 1.29 is 8.78 Å². The van der Waals surface area contributed by atoms with E-state index in [1.54, 1.807) is 0 Å². The maximum Gasteiger partial charge on any atom is 0.264 e. The summed E-state index contributed by atoms with van der Waals surface area (Å²) < 4.78 is 25.3. The van der Waals surface area contributed by atoms with Crippen molar-refractivity contribution in [2.24, 2.45) is 0 Å². The molecular weight excluding hydrogens is 289 g/mol. The molecule has 1 rings (SSSR count). The Labute approximate surface area is 87.7 Å². The Morgan fingerprint density at radius 1 is 1.62 bits per heavy atom. The summed E-state index contributed by atoms with van der Waals surface area (Å²) in [5.74, 6) is 0. The van der Waals surface area contributed by atoms with E-state index in [0.29, 0.717) is 9.26 Å². The molecule has 0 spiro atoms. The van der Waals surface area contributed by atoms with Crippen LogP contribution in [0, 0.1) is 15.0 Å². The Morgan fingerprint density at radius 3 is 2.85 bits per heavy atom. The van der Waals surface area contributed by atoms with Gasteiger partial charge < -0.3 is 0 Å². The van der Waals surface area contributed by atoms with Crippen LogP contribution in [0.5, 0.6) is 0 Å². The molecule has 0 aromatic carbocycles. The first-order valence-corrected chi connectivity index (χ1v) is 4.53. The highest BCUT2D eigenvalue weighted by atomic mass is 127. The lowest BCUT2D eigenvalue weighted by molar-refractivity contribution is 0.150. The Morgan fingerprint density at radius 2 is 2.31 bits per heavy atom. The lowest BCUT2D eigenvalue weighted by Gasteiger charge is -2.06. The number of hydrogen-bond acceptors (Lipinski definition) is 2. The summed E-state index contributed by atoms with van der Waals surface area (Å²) >= 11 is 1.85. The zero-order valence-electron chi connectivity index (χ0n) is 6.47. The third-order valence-corrected chi connectivity index (χ3v) is 2.46. The number of halogens is 3. The Hall–Kier alpha value is -0.770. The second kappa shape index (κ2) is 4.46. The Kier molecular flexibility index (Phi) is 3.54. The van der Waals surface area contributed by atoms with Crippen molar-refractivity contribution >= 4 is 22.6 Å². The molecule has 5 heteroatoms.